The number of aromatic nitrogens is 2. The number of hydrogen-bond acceptors (Lipinski definition) is 5. The third kappa shape index (κ3) is 4.22. The molecule has 0 spiro atoms. The van der Waals surface area contributed by atoms with Crippen LogP contribution in [-0.4, -0.2) is 35.6 Å². The van der Waals surface area contributed by atoms with Crippen molar-refractivity contribution in [2.24, 2.45) is 5.92 Å². The highest BCUT2D eigenvalue weighted by Crippen LogP contribution is 2.31. The van der Waals surface area contributed by atoms with E-state index < -0.39 is 0 Å². The van der Waals surface area contributed by atoms with E-state index in [4.69, 9.17) is 9.72 Å². The minimum atomic E-state index is -0.109. The third-order valence-corrected chi connectivity index (χ3v) is 5.53. The molecule has 6 heteroatoms. The van der Waals surface area contributed by atoms with Crippen molar-refractivity contribution in [3.8, 4) is 5.88 Å². The maximum Gasteiger partial charge on any atom is 0.258 e. The molecule has 1 aromatic heterocycles. The van der Waals surface area contributed by atoms with Crippen LogP contribution in [0, 0.1) is 19.8 Å². The molecule has 3 aromatic rings. The minimum Gasteiger partial charge on any atom is -0.475 e. The number of amides is 1. The van der Waals surface area contributed by atoms with Crippen LogP contribution < -0.4 is 15.0 Å². The lowest BCUT2D eigenvalue weighted by Gasteiger charge is -2.33. The first kappa shape index (κ1) is 20.1. The van der Waals surface area contributed by atoms with Crippen molar-refractivity contribution >= 4 is 28.4 Å². The number of rotatable bonds is 5. The molecule has 6 nitrogen and oxygen atoms in total. The minimum absolute atomic E-state index is 0.0540. The number of nitrogens with one attached hydrogen (secondary N) is 1. The van der Waals surface area contributed by atoms with E-state index in [0.717, 1.165) is 47.5 Å². The Balaban J connectivity index is 1.56. The van der Waals surface area contributed by atoms with Gasteiger partial charge in [-0.2, -0.15) is 0 Å². The van der Waals surface area contributed by atoms with E-state index in [9.17, 15) is 4.79 Å². The smallest absolute Gasteiger partial charge is 0.258 e. The van der Waals surface area contributed by atoms with Crippen LogP contribution >= 0.6 is 0 Å². The van der Waals surface area contributed by atoms with Gasteiger partial charge in [0, 0.05) is 18.8 Å². The molecule has 0 bridgehead atoms. The van der Waals surface area contributed by atoms with Crippen LogP contribution in [0.3, 0.4) is 0 Å². The molecular formula is C24H28N4O2. The molecule has 0 unspecified atom stereocenters. The number of anilines is 2. The van der Waals surface area contributed by atoms with Gasteiger partial charge in [-0.25, -0.2) is 9.97 Å². The lowest BCUT2D eigenvalue weighted by molar-refractivity contribution is -0.120. The van der Waals surface area contributed by atoms with Crippen molar-refractivity contribution in [3.63, 3.8) is 0 Å². The first-order valence-electron chi connectivity index (χ1n) is 10.6. The summed E-state index contributed by atoms with van der Waals surface area (Å²) in [7, 11) is 0. The Morgan fingerprint density at radius 2 is 1.93 bits per heavy atom. The Hall–Kier alpha value is -3.15. The van der Waals surface area contributed by atoms with E-state index in [-0.39, 0.29) is 11.8 Å². The molecule has 1 saturated heterocycles. The second-order valence-electron chi connectivity index (χ2n) is 7.87. The molecule has 30 heavy (non-hydrogen) atoms. The van der Waals surface area contributed by atoms with Crippen LogP contribution in [0.4, 0.5) is 11.5 Å². The highest BCUT2D eigenvalue weighted by atomic mass is 16.5. The summed E-state index contributed by atoms with van der Waals surface area (Å²) >= 11 is 0. The van der Waals surface area contributed by atoms with Crippen molar-refractivity contribution < 1.29 is 9.53 Å². The quantitative estimate of drug-likeness (QED) is 0.678. The summed E-state index contributed by atoms with van der Waals surface area (Å²) in [6.07, 6.45) is 1.78. The van der Waals surface area contributed by atoms with Crippen molar-refractivity contribution in [1.82, 2.24) is 9.97 Å². The maximum absolute atomic E-state index is 13.0. The summed E-state index contributed by atoms with van der Waals surface area (Å²) in [5.41, 5.74) is 4.79. The summed E-state index contributed by atoms with van der Waals surface area (Å²) in [5.74, 6) is 1.20. The van der Waals surface area contributed by atoms with Crippen LogP contribution in [0.25, 0.3) is 11.0 Å². The van der Waals surface area contributed by atoms with E-state index in [0.29, 0.717) is 19.0 Å². The largest absolute Gasteiger partial charge is 0.475 e. The van der Waals surface area contributed by atoms with Gasteiger partial charge in [-0.15, -0.1) is 0 Å². The zero-order chi connectivity index (χ0) is 21.1. The zero-order valence-electron chi connectivity index (χ0n) is 17.8. The molecule has 1 atom stereocenters. The number of carbonyl (C=O) groups is 1. The third-order valence-electron chi connectivity index (χ3n) is 5.53. The van der Waals surface area contributed by atoms with Gasteiger partial charge in [0.05, 0.1) is 23.6 Å². The molecule has 0 saturated carbocycles. The number of carbonyl (C=O) groups excluding carboxylic acids is 1. The van der Waals surface area contributed by atoms with Gasteiger partial charge in [0.25, 0.3) is 5.88 Å². The van der Waals surface area contributed by atoms with Gasteiger partial charge in [-0.3, -0.25) is 4.79 Å². The van der Waals surface area contributed by atoms with Crippen LogP contribution in [0.5, 0.6) is 5.88 Å². The normalized spacial score (nSPS) is 16.5. The van der Waals surface area contributed by atoms with E-state index in [1.165, 1.54) is 5.56 Å². The molecule has 156 valence electrons. The van der Waals surface area contributed by atoms with Crippen LogP contribution in [0.2, 0.25) is 0 Å². The van der Waals surface area contributed by atoms with Crippen molar-refractivity contribution in [1.29, 1.82) is 0 Å². The molecule has 1 fully saturated rings. The molecular weight excluding hydrogens is 376 g/mol. The monoisotopic (exact) mass is 404 g/mol. The Labute approximate surface area is 177 Å². The van der Waals surface area contributed by atoms with Crippen LogP contribution in [0.15, 0.2) is 42.5 Å². The maximum atomic E-state index is 13.0. The van der Waals surface area contributed by atoms with Crippen molar-refractivity contribution in [2.75, 3.05) is 29.9 Å². The molecule has 2 heterocycles. The summed E-state index contributed by atoms with van der Waals surface area (Å²) in [6.45, 7) is 7.97. The standard InChI is InChI=1S/C24H28N4O2/c1-4-30-24-22(25-20-9-5-6-10-21(20)27-24)28-13-7-8-18(15-28)23(29)26-19-12-11-16(2)14-17(19)3/h5-6,9-12,14,18H,4,7-8,13,15H2,1-3H3,(H,26,29)/t18-/m1/s1. The van der Waals surface area contributed by atoms with Gasteiger partial charge in [0.15, 0.2) is 5.82 Å². The second kappa shape index (κ2) is 8.69. The fourth-order valence-electron chi connectivity index (χ4n) is 3.99. The van der Waals surface area contributed by atoms with Crippen LogP contribution in [0.1, 0.15) is 30.9 Å². The Morgan fingerprint density at radius 3 is 2.67 bits per heavy atom. The van der Waals surface area contributed by atoms with E-state index in [1.807, 2.05) is 50.2 Å². The highest BCUT2D eigenvalue weighted by Gasteiger charge is 2.29. The predicted octanol–water partition coefficient (Wildman–Crippen LogP) is 4.50. The second-order valence-corrected chi connectivity index (χ2v) is 7.87. The molecule has 2 aromatic carbocycles. The Bertz CT molecular complexity index is 1070. The number of hydrogen-bond donors (Lipinski definition) is 1. The molecule has 4 rings (SSSR count). The highest BCUT2D eigenvalue weighted by molar-refractivity contribution is 5.93. The number of ether oxygens (including phenoxy) is 1. The average molecular weight is 405 g/mol. The topological polar surface area (TPSA) is 67.4 Å². The molecule has 0 aliphatic carbocycles. The van der Waals surface area contributed by atoms with Crippen molar-refractivity contribution in [2.45, 2.75) is 33.6 Å². The first-order chi connectivity index (χ1) is 14.5. The number of fused-ring (bicyclic) bond motifs is 1. The predicted molar refractivity (Wildman–Crippen MR) is 120 cm³/mol. The van der Waals surface area contributed by atoms with E-state index in [2.05, 4.69) is 28.2 Å². The van der Waals surface area contributed by atoms with E-state index in [1.54, 1.807) is 0 Å². The summed E-state index contributed by atoms with van der Waals surface area (Å²) in [5, 5.41) is 3.12. The number of nitrogens with zero attached hydrogens (tertiary/aromatic N) is 3. The molecule has 1 amide bonds. The number of aryl methyl sites for hydroxylation is 2. The lowest BCUT2D eigenvalue weighted by atomic mass is 9.96. The van der Waals surface area contributed by atoms with Gasteiger partial charge in [0.1, 0.15) is 0 Å². The summed E-state index contributed by atoms with van der Waals surface area (Å²) in [6, 6.07) is 13.9. The number of benzene rings is 2. The van der Waals surface area contributed by atoms with Gasteiger partial charge >= 0.3 is 0 Å². The van der Waals surface area contributed by atoms with Crippen molar-refractivity contribution in [3.05, 3.63) is 53.6 Å². The van der Waals surface area contributed by atoms with Gasteiger partial charge in [-0.1, -0.05) is 29.8 Å². The fourth-order valence-corrected chi connectivity index (χ4v) is 3.99. The van der Waals surface area contributed by atoms with Gasteiger partial charge in [0.2, 0.25) is 5.91 Å². The number of piperidine rings is 1. The van der Waals surface area contributed by atoms with E-state index >= 15 is 0 Å². The molecule has 1 aliphatic heterocycles. The Kier molecular flexibility index (Phi) is 5.84. The molecule has 1 N–H and O–H groups in total. The average Bonchev–Trinajstić information content (AvgIpc) is 2.75. The molecule has 1 aliphatic rings. The summed E-state index contributed by atoms with van der Waals surface area (Å²) < 4.78 is 5.80. The van der Waals surface area contributed by atoms with Crippen LogP contribution in [-0.2, 0) is 4.79 Å². The SMILES string of the molecule is CCOc1nc2ccccc2nc1N1CCC[C@@H](C(=O)Nc2ccc(C)cc2C)C1. The number of para-hydroxylation sites is 2. The summed E-state index contributed by atoms with van der Waals surface area (Å²) in [4.78, 5) is 24.6. The Morgan fingerprint density at radius 1 is 1.17 bits per heavy atom. The zero-order valence-corrected chi connectivity index (χ0v) is 17.8. The van der Waals surface area contributed by atoms with Gasteiger partial charge in [-0.05, 0) is 57.4 Å². The molecule has 0 radical (unpaired) electrons. The fraction of sp³-hybridized carbons (Fsp3) is 0.375. The lowest BCUT2D eigenvalue weighted by Crippen LogP contribution is -2.41. The van der Waals surface area contributed by atoms with Gasteiger partial charge < -0.3 is 15.0 Å². The first-order valence-corrected chi connectivity index (χ1v) is 10.6.